The van der Waals surface area contributed by atoms with E-state index in [2.05, 4.69) is 44.1 Å². The topological polar surface area (TPSA) is 81.7 Å². The molecule has 1 aliphatic heterocycles. The Hall–Kier alpha value is -3.69. The fourth-order valence-electron chi connectivity index (χ4n) is 4.62. The Kier molecular flexibility index (Phi) is 8.81. The molecule has 5 rings (SSSR count). The van der Waals surface area contributed by atoms with Crippen molar-refractivity contribution in [2.75, 3.05) is 36.2 Å². The molecule has 0 aromatic heterocycles. The number of rotatable bonds is 9. The van der Waals surface area contributed by atoms with Crippen LogP contribution in [0.2, 0.25) is 5.02 Å². The van der Waals surface area contributed by atoms with Crippen LogP contribution in [0.25, 0.3) is 0 Å². The van der Waals surface area contributed by atoms with Crippen LogP contribution in [0.3, 0.4) is 0 Å². The van der Waals surface area contributed by atoms with Crippen LogP contribution < -0.4 is 10.0 Å². The lowest BCUT2D eigenvalue weighted by molar-refractivity contribution is 0.102. The van der Waals surface area contributed by atoms with Gasteiger partial charge in [0.1, 0.15) is 0 Å². The first-order chi connectivity index (χ1) is 19.3. The zero-order chi connectivity index (χ0) is 28.0. The lowest BCUT2D eigenvalue weighted by Crippen LogP contribution is -2.45. The molecule has 206 valence electrons. The standard InChI is InChI=1S/C31H31ClN4O3S/c32-27-10-12-29(13-11-27)34-40(38,39)30-16-14-28(15-17-30)33-31(37)26-8-6-25(7-9-26)23-36-20-18-35(19-21-36)22-24-4-2-1-3-5-24/h1-17,34H,18-23H2,(H,33,37). The maximum atomic E-state index is 12.8. The van der Waals surface area contributed by atoms with Gasteiger partial charge in [0, 0.05) is 61.2 Å². The van der Waals surface area contributed by atoms with E-state index in [1.54, 1.807) is 36.4 Å². The number of anilines is 2. The quantitative estimate of drug-likeness (QED) is 0.268. The molecule has 0 bridgehead atoms. The molecular weight excluding hydrogens is 544 g/mol. The number of carbonyl (C=O) groups excluding carboxylic acids is 1. The van der Waals surface area contributed by atoms with Crippen LogP contribution >= 0.6 is 11.6 Å². The molecule has 1 heterocycles. The highest BCUT2D eigenvalue weighted by Crippen LogP contribution is 2.21. The van der Waals surface area contributed by atoms with Crippen molar-refractivity contribution in [3.05, 3.63) is 125 Å². The van der Waals surface area contributed by atoms with Crippen molar-refractivity contribution in [2.45, 2.75) is 18.0 Å². The van der Waals surface area contributed by atoms with E-state index < -0.39 is 10.0 Å². The van der Waals surface area contributed by atoms with E-state index in [1.165, 1.54) is 17.7 Å². The summed E-state index contributed by atoms with van der Waals surface area (Å²) in [5.74, 6) is -0.254. The summed E-state index contributed by atoms with van der Waals surface area (Å²) in [4.78, 5) is 17.8. The van der Waals surface area contributed by atoms with E-state index in [4.69, 9.17) is 11.6 Å². The number of carbonyl (C=O) groups is 1. The first kappa shape index (κ1) is 27.9. The van der Waals surface area contributed by atoms with Gasteiger partial charge in [0.25, 0.3) is 15.9 Å². The molecule has 9 heteroatoms. The molecule has 7 nitrogen and oxygen atoms in total. The number of amides is 1. The maximum Gasteiger partial charge on any atom is 0.261 e. The van der Waals surface area contributed by atoms with Gasteiger partial charge in [-0.15, -0.1) is 0 Å². The lowest BCUT2D eigenvalue weighted by Gasteiger charge is -2.34. The molecule has 1 fully saturated rings. The number of piperazine rings is 1. The van der Waals surface area contributed by atoms with Gasteiger partial charge in [0.05, 0.1) is 4.90 Å². The number of nitrogens with zero attached hydrogens (tertiary/aromatic N) is 2. The molecule has 0 radical (unpaired) electrons. The normalized spacial score (nSPS) is 14.5. The van der Waals surface area contributed by atoms with Crippen molar-refractivity contribution in [2.24, 2.45) is 0 Å². The number of nitrogens with one attached hydrogen (secondary N) is 2. The second kappa shape index (κ2) is 12.7. The van der Waals surface area contributed by atoms with Gasteiger partial charge < -0.3 is 5.32 Å². The molecular formula is C31H31ClN4O3S. The highest BCUT2D eigenvalue weighted by Gasteiger charge is 2.18. The lowest BCUT2D eigenvalue weighted by atomic mass is 10.1. The van der Waals surface area contributed by atoms with Gasteiger partial charge in [0.15, 0.2) is 0 Å². The predicted octanol–water partition coefficient (Wildman–Crippen LogP) is 5.71. The van der Waals surface area contributed by atoms with Gasteiger partial charge in [0.2, 0.25) is 0 Å². The summed E-state index contributed by atoms with van der Waals surface area (Å²) in [5, 5.41) is 3.35. The zero-order valence-corrected chi connectivity index (χ0v) is 23.5. The highest BCUT2D eigenvalue weighted by atomic mass is 35.5. The molecule has 4 aromatic carbocycles. The SMILES string of the molecule is O=C(Nc1ccc(S(=O)(=O)Nc2ccc(Cl)cc2)cc1)c1ccc(CN2CCN(Cc3ccccc3)CC2)cc1. The van der Waals surface area contributed by atoms with E-state index in [1.807, 2.05) is 30.3 Å². The Labute approximate surface area is 240 Å². The van der Waals surface area contributed by atoms with Crippen LogP contribution in [0.5, 0.6) is 0 Å². The molecule has 0 aliphatic carbocycles. The molecule has 1 aliphatic rings. The summed E-state index contributed by atoms with van der Waals surface area (Å²) < 4.78 is 27.9. The fourth-order valence-corrected chi connectivity index (χ4v) is 5.80. The van der Waals surface area contributed by atoms with E-state index in [0.29, 0.717) is 22.0 Å². The molecule has 2 N–H and O–H groups in total. The van der Waals surface area contributed by atoms with Crippen LogP contribution in [0.1, 0.15) is 21.5 Å². The minimum Gasteiger partial charge on any atom is -0.322 e. The molecule has 0 saturated carbocycles. The molecule has 1 saturated heterocycles. The van der Waals surface area contributed by atoms with E-state index >= 15 is 0 Å². The average molecular weight is 575 g/mol. The molecule has 1 amide bonds. The Morgan fingerprint density at radius 2 is 1.20 bits per heavy atom. The van der Waals surface area contributed by atoms with Crippen LogP contribution in [0, 0.1) is 0 Å². The van der Waals surface area contributed by atoms with Crippen LogP contribution in [0.15, 0.2) is 108 Å². The third-order valence-electron chi connectivity index (χ3n) is 6.86. The third kappa shape index (κ3) is 7.49. The summed E-state index contributed by atoms with van der Waals surface area (Å²) in [6, 6.07) is 30.6. The Morgan fingerprint density at radius 3 is 1.77 bits per heavy atom. The van der Waals surface area contributed by atoms with Gasteiger partial charge in [-0.05, 0) is 71.8 Å². The average Bonchev–Trinajstić information content (AvgIpc) is 2.96. The number of halogens is 1. The van der Waals surface area contributed by atoms with Gasteiger partial charge in [-0.1, -0.05) is 54.1 Å². The Balaban J connectivity index is 1.11. The highest BCUT2D eigenvalue weighted by molar-refractivity contribution is 7.92. The van der Waals surface area contributed by atoms with Crippen molar-refractivity contribution in [1.29, 1.82) is 0 Å². The number of hydrogen-bond donors (Lipinski definition) is 2. The zero-order valence-electron chi connectivity index (χ0n) is 22.0. The summed E-state index contributed by atoms with van der Waals surface area (Å²) in [6.45, 7) is 5.92. The van der Waals surface area contributed by atoms with Crippen LogP contribution in [-0.4, -0.2) is 50.3 Å². The minimum atomic E-state index is -3.77. The molecule has 4 aromatic rings. The predicted molar refractivity (Wildman–Crippen MR) is 160 cm³/mol. The smallest absolute Gasteiger partial charge is 0.261 e. The van der Waals surface area contributed by atoms with Crippen molar-refractivity contribution < 1.29 is 13.2 Å². The van der Waals surface area contributed by atoms with Crippen molar-refractivity contribution in [3.63, 3.8) is 0 Å². The largest absolute Gasteiger partial charge is 0.322 e. The summed E-state index contributed by atoms with van der Waals surface area (Å²) in [7, 11) is -3.77. The summed E-state index contributed by atoms with van der Waals surface area (Å²) >= 11 is 5.86. The van der Waals surface area contributed by atoms with E-state index in [9.17, 15) is 13.2 Å². The number of benzene rings is 4. The molecule has 0 atom stereocenters. The fraction of sp³-hybridized carbons (Fsp3) is 0.194. The van der Waals surface area contributed by atoms with E-state index in [-0.39, 0.29) is 10.8 Å². The third-order valence-corrected chi connectivity index (χ3v) is 8.50. The number of hydrogen-bond acceptors (Lipinski definition) is 5. The monoisotopic (exact) mass is 574 g/mol. The molecule has 0 unspecified atom stereocenters. The van der Waals surface area contributed by atoms with Crippen molar-refractivity contribution >= 4 is 38.9 Å². The van der Waals surface area contributed by atoms with Gasteiger partial charge in [-0.3, -0.25) is 19.3 Å². The second-order valence-corrected chi connectivity index (χ2v) is 11.9. The first-order valence-corrected chi connectivity index (χ1v) is 15.0. The first-order valence-electron chi connectivity index (χ1n) is 13.1. The van der Waals surface area contributed by atoms with Gasteiger partial charge in [-0.2, -0.15) is 0 Å². The Morgan fingerprint density at radius 1 is 0.675 bits per heavy atom. The molecule has 0 spiro atoms. The van der Waals surface area contributed by atoms with Gasteiger partial charge in [-0.25, -0.2) is 8.42 Å². The van der Waals surface area contributed by atoms with Crippen LogP contribution in [-0.2, 0) is 23.1 Å². The molecule has 40 heavy (non-hydrogen) atoms. The Bertz CT molecular complexity index is 1520. The summed E-state index contributed by atoms with van der Waals surface area (Å²) in [6.07, 6.45) is 0. The van der Waals surface area contributed by atoms with E-state index in [0.717, 1.165) is 44.8 Å². The maximum absolute atomic E-state index is 12.8. The number of sulfonamides is 1. The minimum absolute atomic E-state index is 0.0886. The van der Waals surface area contributed by atoms with Crippen molar-refractivity contribution in [1.82, 2.24) is 9.80 Å². The van der Waals surface area contributed by atoms with Crippen LogP contribution in [0.4, 0.5) is 11.4 Å². The van der Waals surface area contributed by atoms with Crippen molar-refractivity contribution in [3.8, 4) is 0 Å². The summed E-state index contributed by atoms with van der Waals surface area (Å²) in [5.41, 5.74) is 3.97. The second-order valence-electron chi connectivity index (χ2n) is 9.83. The van der Waals surface area contributed by atoms with Gasteiger partial charge >= 0.3 is 0 Å².